The van der Waals surface area contributed by atoms with Crippen LogP contribution in [0.3, 0.4) is 0 Å². The molecule has 0 aliphatic heterocycles. The molecule has 9 aromatic carbocycles. The van der Waals surface area contributed by atoms with Gasteiger partial charge in [-0.3, -0.25) is 0 Å². The largest absolute Gasteiger partial charge is 0.416 e. The first kappa shape index (κ1) is 53.4. The zero-order valence-corrected chi connectivity index (χ0v) is 40.3. The predicted molar refractivity (Wildman–Crippen MR) is 286 cm³/mol. The fourth-order valence-corrected chi connectivity index (χ4v) is 8.07. The lowest BCUT2D eigenvalue weighted by Gasteiger charge is -2.26. The molecule has 9 aromatic rings. The van der Waals surface area contributed by atoms with Crippen molar-refractivity contribution in [2.75, 3.05) is 9.80 Å². The Morgan fingerprint density at radius 1 is 0.296 bits per heavy atom. The van der Waals surface area contributed by atoms with Gasteiger partial charge in [0.1, 0.15) is 0 Å². The molecule has 362 valence electrons. The summed E-state index contributed by atoms with van der Waals surface area (Å²) < 4.78 is 80.0. The van der Waals surface area contributed by atoms with Gasteiger partial charge >= 0.3 is 12.4 Å². The number of halogens is 9. The zero-order valence-electron chi connectivity index (χ0n) is 38.1. The molecule has 0 N–H and O–H groups in total. The number of nitrogens with zero attached hydrogens (tertiary/aromatic N) is 2. The van der Waals surface area contributed by atoms with Crippen LogP contribution in [0.5, 0.6) is 0 Å². The van der Waals surface area contributed by atoms with Gasteiger partial charge in [-0.2, -0.15) is 26.3 Å². The Morgan fingerprint density at radius 2 is 0.606 bits per heavy atom. The number of hydrogen-bond acceptors (Lipinski definition) is 2. The van der Waals surface area contributed by atoms with E-state index in [0.29, 0.717) is 32.8 Å². The highest BCUT2D eigenvalue weighted by Crippen LogP contribution is 2.41. The maximum atomic E-state index is 13.6. The fraction of sp³-hybridized carbons (Fsp3) is 0.100. The van der Waals surface area contributed by atoms with E-state index in [1.54, 1.807) is 65.6 Å². The maximum absolute atomic E-state index is 13.6. The van der Waals surface area contributed by atoms with Crippen LogP contribution in [0.25, 0.3) is 22.3 Å². The van der Waals surface area contributed by atoms with Gasteiger partial charge in [-0.25, -0.2) is 0 Å². The van der Waals surface area contributed by atoms with Gasteiger partial charge in [0.05, 0.1) is 11.1 Å². The van der Waals surface area contributed by atoms with Crippen LogP contribution >= 0.6 is 34.8 Å². The van der Waals surface area contributed by atoms with Crippen molar-refractivity contribution in [1.29, 1.82) is 0 Å². The standard InChI is InChI=1S/C33H26F3N.C19H12Cl2F3N.C7H7Cl.CH4/c1-23-6-3-8-27(20-23)25-12-16-30(17-13-25)37(32-11-5-10-29(22-32)33(34,35)36)31-18-14-26(15-19-31)28-9-4-7-24(2)21-28;20-14-4-8-16(9-5-14)25(17-10-6-15(21)7-11-17)18-3-1-2-13(12-18)19(22,23)24;1-6-3-2-4-7(8)5-6;/h3-22H,1-2H3;1-12H;2-5H,1H3;1H4. The first-order valence-corrected chi connectivity index (χ1v) is 23.1. The van der Waals surface area contributed by atoms with Crippen LogP contribution in [0.2, 0.25) is 15.1 Å². The lowest BCUT2D eigenvalue weighted by molar-refractivity contribution is -0.138. The van der Waals surface area contributed by atoms with Crippen LogP contribution in [0.4, 0.5) is 60.5 Å². The molecular weight excluding hydrogens is 969 g/mol. The maximum Gasteiger partial charge on any atom is 0.416 e. The van der Waals surface area contributed by atoms with Crippen LogP contribution in [-0.4, -0.2) is 0 Å². The van der Waals surface area contributed by atoms with Crippen molar-refractivity contribution in [3.8, 4) is 22.3 Å². The van der Waals surface area contributed by atoms with E-state index < -0.39 is 23.5 Å². The Hall–Kier alpha value is -6.97. The third-order valence-corrected chi connectivity index (χ3v) is 11.7. The van der Waals surface area contributed by atoms with Crippen molar-refractivity contribution in [1.82, 2.24) is 0 Å². The minimum atomic E-state index is -4.42. The van der Waals surface area contributed by atoms with Gasteiger partial charge in [-0.1, -0.05) is 150 Å². The molecular formula is C60H49Cl3F6N2. The number of aryl methyl sites for hydroxylation is 3. The second-order valence-corrected chi connectivity index (χ2v) is 17.7. The van der Waals surface area contributed by atoms with Crippen LogP contribution in [0, 0.1) is 20.8 Å². The first-order valence-electron chi connectivity index (χ1n) is 21.9. The Kier molecular flexibility index (Phi) is 17.9. The Bertz CT molecular complexity index is 2980. The highest BCUT2D eigenvalue weighted by atomic mass is 35.5. The van der Waals surface area contributed by atoms with Gasteiger partial charge in [0.25, 0.3) is 0 Å². The van der Waals surface area contributed by atoms with E-state index in [9.17, 15) is 26.3 Å². The van der Waals surface area contributed by atoms with Crippen molar-refractivity contribution in [3.05, 3.63) is 261 Å². The van der Waals surface area contributed by atoms with E-state index in [4.69, 9.17) is 34.8 Å². The summed E-state index contributed by atoms with van der Waals surface area (Å²) in [7, 11) is 0. The molecule has 0 atom stereocenters. The average Bonchev–Trinajstić information content (AvgIpc) is 3.33. The monoisotopic (exact) mass is 1020 g/mol. The summed E-state index contributed by atoms with van der Waals surface area (Å²) in [6.07, 6.45) is -8.84. The third-order valence-electron chi connectivity index (χ3n) is 11.0. The summed E-state index contributed by atoms with van der Waals surface area (Å²) in [5.74, 6) is 0. The number of alkyl halides is 6. The van der Waals surface area contributed by atoms with E-state index in [1.807, 2.05) is 123 Å². The molecule has 0 aliphatic rings. The van der Waals surface area contributed by atoms with Crippen molar-refractivity contribution in [2.24, 2.45) is 0 Å². The zero-order chi connectivity index (χ0) is 50.0. The minimum absolute atomic E-state index is 0. The Balaban J connectivity index is 0.000000208. The van der Waals surface area contributed by atoms with E-state index >= 15 is 0 Å². The molecule has 71 heavy (non-hydrogen) atoms. The second kappa shape index (κ2) is 23.8. The molecule has 0 fully saturated rings. The van der Waals surface area contributed by atoms with Crippen LogP contribution in [-0.2, 0) is 12.4 Å². The van der Waals surface area contributed by atoms with Crippen molar-refractivity contribution >= 4 is 68.9 Å². The molecule has 0 bridgehead atoms. The SMILES string of the molecule is C.Cc1cccc(-c2ccc(N(c3ccc(-c4cccc(C)c4)cc3)c3cccc(C(F)(F)F)c3)cc2)c1.Cc1cccc(Cl)c1.FC(F)(F)c1cccc(N(c2ccc(Cl)cc2)c2ccc(Cl)cc2)c1. The number of benzene rings is 9. The molecule has 0 heterocycles. The lowest BCUT2D eigenvalue weighted by Crippen LogP contribution is -2.12. The van der Waals surface area contributed by atoms with Gasteiger partial charge in [0.15, 0.2) is 0 Å². The summed E-state index contributed by atoms with van der Waals surface area (Å²) in [5.41, 5.74) is 10.2. The van der Waals surface area contributed by atoms with Gasteiger partial charge in [-0.15, -0.1) is 0 Å². The summed E-state index contributed by atoms with van der Waals surface area (Å²) in [5, 5.41) is 1.90. The molecule has 0 unspecified atom stereocenters. The van der Waals surface area contributed by atoms with Crippen molar-refractivity contribution in [3.63, 3.8) is 0 Å². The van der Waals surface area contributed by atoms with Crippen LogP contribution < -0.4 is 9.80 Å². The van der Waals surface area contributed by atoms with Gasteiger partial charge in [-0.05, 0) is 170 Å². The minimum Gasteiger partial charge on any atom is -0.310 e. The molecule has 0 saturated heterocycles. The molecule has 11 heteroatoms. The van der Waals surface area contributed by atoms with E-state index in [2.05, 4.69) is 24.3 Å². The van der Waals surface area contributed by atoms with E-state index in [0.717, 1.165) is 56.9 Å². The molecule has 0 aromatic heterocycles. The summed E-state index contributed by atoms with van der Waals surface area (Å²) >= 11 is 17.5. The predicted octanol–water partition coefficient (Wildman–Crippen LogP) is 20.9. The van der Waals surface area contributed by atoms with Crippen molar-refractivity contribution in [2.45, 2.75) is 40.6 Å². The topological polar surface area (TPSA) is 6.48 Å². The lowest BCUT2D eigenvalue weighted by atomic mass is 10.0. The number of hydrogen-bond donors (Lipinski definition) is 0. The van der Waals surface area contributed by atoms with Gasteiger partial charge in [0.2, 0.25) is 0 Å². The molecule has 0 aliphatic carbocycles. The summed E-state index contributed by atoms with van der Waals surface area (Å²) in [6, 6.07) is 64.4. The smallest absolute Gasteiger partial charge is 0.310 e. The third kappa shape index (κ3) is 14.5. The van der Waals surface area contributed by atoms with Gasteiger partial charge < -0.3 is 9.80 Å². The van der Waals surface area contributed by atoms with Crippen LogP contribution in [0.15, 0.2) is 218 Å². The van der Waals surface area contributed by atoms with E-state index in [-0.39, 0.29) is 7.43 Å². The molecule has 0 amide bonds. The van der Waals surface area contributed by atoms with Crippen molar-refractivity contribution < 1.29 is 26.3 Å². The van der Waals surface area contributed by atoms with Crippen LogP contribution in [0.1, 0.15) is 35.2 Å². The highest BCUT2D eigenvalue weighted by molar-refractivity contribution is 6.31. The summed E-state index contributed by atoms with van der Waals surface area (Å²) in [4.78, 5) is 3.57. The van der Waals surface area contributed by atoms with Gasteiger partial charge in [0, 0.05) is 49.2 Å². The second-order valence-electron chi connectivity index (χ2n) is 16.4. The molecule has 0 saturated carbocycles. The summed E-state index contributed by atoms with van der Waals surface area (Å²) in [6.45, 7) is 6.12. The molecule has 0 spiro atoms. The highest BCUT2D eigenvalue weighted by Gasteiger charge is 2.32. The molecule has 9 rings (SSSR count). The molecule has 0 radical (unpaired) electrons. The normalized spacial score (nSPS) is 11.0. The Labute approximate surface area is 427 Å². The Morgan fingerprint density at radius 3 is 0.901 bits per heavy atom. The first-order chi connectivity index (χ1) is 33.4. The quantitative estimate of drug-likeness (QED) is 0.140. The number of anilines is 6. The van der Waals surface area contributed by atoms with E-state index in [1.165, 1.54) is 34.9 Å². The number of rotatable bonds is 8. The fourth-order valence-electron chi connectivity index (χ4n) is 7.58. The molecule has 2 nitrogen and oxygen atoms in total. The average molecular weight is 1020 g/mol.